The number of hydrogen-bond acceptors (Lipinski definition) is 5. The summed E-state index contributed by atoms with van der Waals surface area (Å²) in [6.07, 6.45) is 8.93. The van der Waals surface area contributed by atoms with E-state index in [2.05, 4.69) is 53.5 Å². The SMILES string of the molecule is CCCO[SiH](OCCC)C(CC)CCN(C)CCC(CC)[SiH](OCCC)OCCC. The molecule has 30 heavy (non-hydrogen) atoms. The van der Waals surface area contributed by atoms with E-state index in [1.54, 1.807) is 0 Å². The van der Waals surface area contributed by atoms with Crippen molar-refractivity contribution in [3.8, 4) is 0 Å². The summed E-state index contributed by atoms with van der Waals surface area (Å²) in [6, 6.07) is 0. The standard InChI is InChI=1S/C23H53NO4Si2/c1-8-18-25-29(26-19-9-2)22(12-5)14-16-24(7)17-15-23(13-6)30(27-20-10-3)28-21-11-4/h22-23,29-30H,8-21H2,1-7H3. The second-order valence-electron chi connectivity index (χ2n) is 8.44. The van der Waals surface area contributed by atoms with Crippen molar-refractivity contribution in [3.63, 3.8) is 0 Å². The largest absolute Gasteiger partial charge is 0.396 e. The first kappa shape index (κ1) is 30.2. The Kier molecular flexibility index (Phi) is 21.3. The average molecular weight is 464 g/mol. The lowest BCUT2D eigenvalue weighted by Gasteiger charge is -2.28. The van der Waals surface area contributed by atoms with Crippen molar-refractivity contribution in [1.82, 2.24) is 4.90 Å². The summed E-state index contributed by atoms with van der Waals surface area (Å²) in [4.78, 5) is 2.49. The molecule has 7 heteroatoms. The quantitative estimate of drug-likeness (QED) is 0.201. The zero-order valence-electron chi connectivity index (χ0n) is 21.3. The van der Waals surface area contributed by atoms with Crippen LogP contribution >= 0.6 is 0 Å². The van der Waals surface area contributed by atoms with Gasteiger partial charge in [-0.3, -0.25) is 0 Å². The summed E-state index contributed by atoms with van der Waals surface area (Å²) in [5.74, 6) is 0. The molecular weight excluding hydrogens is 410 g/mol. The van der Waals surface area contributed by atoms with Crippen LogP contribution in [-0.4, -0.2) is 70.0 Å². The van der Waals surface area contributed by atoms with E-state index in [1.165, 1.54) is 12.8 Å². The molecule has 0 aliphatic carbocycles. The van der Waals surface area contributed by atoms with Crippen LogP contribution in [0, 0.1) is 0 Å². The lowest BCUT2D eigenvalue weighted by Crippen LogP contribution is -2.34. The second-order valence-corrected chi connectivity index (χ2v) is 13.1. The van der Waals surface area contributed by atoms with Crippen molar-refractivity contribution in [2.75, 3.05) is 46.6 Å². The normalized spacial score (nSPS) is 14.2. The zero-order valence-corrected chi connectivity index (χ0v) is 23.6. The first-order valence-electron chi connectivity index (χ1n) is 12.7. The maximum atomic E-state index is 6.17. The molecule has 2 atom stereocenters. The Labute approximate surface area is 191 Å². The van der Waals surface area contributed by atoms with Gasteiger partial charge in [0.25, 0.3) is 0 Å². The van der Waals surface area contributed by atoms with Gasteiger partial charge in [-0.25, -0.2) is 0 Å². The van der Waals surface area contributed by atoms with Crippen LogP contribution in [0.2, 0.25) is 11.1 Å². The molecule has 0 N–H and O–H groups in total. The molecule has 0 bridgehead atoms. The van der Waals surface area contributed by atoms with Crippen LogP contribution in [0.5, 0.6) is 0 Å². The van der Waals surface area contributed by atoms with Crippen molar-refractivity contribution in [2.45, 2.75) is 104 Å². The fourth-order valence-electron chi connectivity index (χ4n) is 3.53. The van der Waals surface area contributed by atoms with E-state index in [-0.39, 0.29) is 0 Å². The molecule has 0 aliphatic rings. The number of nitrogens with zero attached hydrogens (tertiary/aromatic N) is 1. The molecule has 0 aromatic heterocycles. The summed E-state index contributed by atoms with van der Waals surface area (Å²) in [6.45, 7) is 18.9. The third kappa shape index (κ3) is 14.3. The van der Waals surface area contributed by atoms with Gasteiger partial charge in [0.1, 0.15) is 0 Å². The molecule has 0 fully saturated rings. The summed E-state index contributed by atoms with van der Waals surface area (Å²) in [7, 11) is -0.926. The second kappa shape index (κ2) is 21.1. The molecule has 2 unspecified atom stereocenters. The third-order valence-corrected chi connectivity index (χ3v) is 10.9. The van der Waals surface area contributed by atoms with Crippen LogP contribution in [0.4, 0.5) is 0 Å². The molecule has 0 rings (SSSR count). The fraction of sp³-hybridized carbons (Fsp3) is 1.00. The van der Waals surface area contributed by atoms with E-state index in [0.717, 1.165) is 78.0 Å². The molecule has 0 saturated heterocycles. The van der Waals surface area contributed by atoms with Crippen LogP contribution in [0.3, 0.4) is 0 Å². The highest BCUT2D eigenvalue weighted by atomic mass is 28.3. The van der Waals surface area contributed by atoms with Crippen molar-refractivity contribution in [3.05, 3.63) is 0 Å². The first-order valence-corrected chi connectivity index (χ1v) is 15.9. The Morgan fingerprint density at radius 3 is 1.10 bits per heavy atom. The summed E-state index contributed by atoms with van der Waals surface area (Å²) in [5.41, 5.74) is 1.19. The molecule has 0 aromatic carbocycles. The molecule has 0 aromatic rings. The third-order valence-electron chi connectivity index (χ3n) is 5.53. The minimum Gasteiger partial charge on any atom is -0.396 e. The summed E-state index contributed by atoms with van der Waals surface area (Å²) in [5, 5.41) is 0. The molecule has 0 aliphatic heterocycles. The van der Waals surface area contributed by atoms with Crippen LogP contribution < -0.4 is 0 Å². The lowest BCUT2D eigenvalue weighted by molar-refractivity contribution is 0.179. The Bertz CT molecular complexity index is 318. The highest BCUT2D eigenvalue weighted by molar-refractivity contribution is 6.46. The van der Waals surface area contributed by atoms with Gasteiger partial charge < -0.3 is 22.6 Å². The maximum absolute atomic E-state index is 6.17. The van der Waals surface area contributed by atoms with E-state index in [9.17, 15) is 0 Å². The zero-order chi connectivity index (χ0) is 22.6. The molecule has 0 saturated carbocycles. The molecule has 0 radical (unpaired) electrons. The van der Waals surface area contributed by atoms with Crippen LogP contribution in [0.25, 0.3) is 0 Å². The van der Waals surface area contributed by atoms with Gasteiger partial charge in [-0.1, -0.05) is 54.4 Å². The van der Waals surface area contributed by atoms with Gasteiger partial charge in [0.05, 0.1) is 0 Å². The smallest absolute Gasteiger partial charge is 0.324 e. The lowest BCUT2D eigenvalue weighted by atomic mass is 10.2. The van der Waals surface area contributed by atoms with Crippen LogP contribution in [0.15, 0.2) is 0 Å². The van der Waals surface area contributed by atoms with Gasteiger partial charge in [0, 0.05) is 37.5 Å². The van der Waals surface area contributed by atoms with Gasteiger partial charge in [-0.05, 0) is 58.7 Å². The number of hydrogen-bond donors (Lipinski definition) is 0. The topological polar surface area (TPSA) is 40.2 Å². The predicted octanol–water partition coefficient (Wildman–Crippen LogP) is 5.41. The Morgan fingerprint density at radius 1 is 0.567 bits per heavy atom. The predicted molar refractivity (Wildman–Crippen MR) is 134 cm³/mol. The van der Waals surface area contributed by atoms with Gasteiger partial charge in [0.2, 0.25) is 0 Å². The average Bonchev–Trinajstić information content (AvgIpc) is 2.76. The van der Waals surface area contributed by atoms with Gasteiger partial charge >= 0.3 is 18.6 Å². The van der Waals surface area contributed by atoms with Gasteiger partial charge in [0.15, 0.2) is 0 Å². The van der Waals surface area contributed by atoms with Crippen molar-refractivity contribution in [2.24, 2.45) is 0 Å². The summed E-state index contributed by atoms with van der Waals surface area (Å²) >= 11 is 0. The van der Waals surface area contributed by atoms with Crippen LogP contribution in [-0.2, 0) is 17.7 Å². The first-order chi connectivity index (χ1) is 14.6. The molecule has 182 valence electrons. The number of rotatable bonds is 22. The van der Waals surface area contributed by atoms with Crippen molar-refractivity contribution in [1.29, 1.82) is 0 Å². The highest BCUT2D eigenvalue weighted by Gasteiger charge is 2.27. The highest BCUT2D eigenvalue weighted by Crippen LogP contribution is 2.25. The monoisotopic (exact) mass is 463 g/mol. The van der Waals surface area contributed by atoms with Gasteiger partial charge in [-0.2, -0.15) is 0 Å². The van der Waals surface area contributed by atoms with Crippen LogP contribution in [0.1, 0.15) is 92.9 Å². The van der Waals surface area contributed by atoms with E-state index in [0.29, 0.717) is 11.1 Å². The molecule has 0 amide bonds. The molecule has 0 heterocycles. The Morgan fingerprint density at radius 2 is 0.867 bits per heavy atom. The van der Waals surface area contributed by atoms with E-state index < -0.39 is 18.6 Å². The maximum Gasteiger partial charge on any atom is 0.324 e. The minimum atomic E-state index is -1.59. The van der Waals surface area contributed by atoms with E-state index >= 15 is 0 Å². The van der Waals surface area contributed by atoms with Crippen molar-refractivity contribution < 1.29 is 17.7 Å². The fourth-order valence-corrected chi connectivity index (χ4v) is 8.29. The molecule has 5 nitrogen and oxygen atoms in total. The summed E-state index contributed by atoms with van der Waals surface area (Å²) < 4.78 is 24.7. The Hall–Kier alpha value is 0.234. The van der Waals surface area contributed by atoms with Crippen molar-refractivity contribution >= 4 is 18.6 Å². The van der Waals surface area contributed by atoms with E-state index in [4.69, 9.17) is 17.7 Å². The van der Waals surface area contributed by atoms with Gasteiger partial charge in [-0.15, -0.1) is 0 Å². The Balaban J connectivity index is 4.57. The molecule has 0 spiro atoms. The molecular formula is C23H53NO4Si2. The minimum absolute atomic E-state index is 0.593. The van der Waals surface area contributed by atoms with E-state index in [1.807, 2.05) is 0 Å².